The Balaban J connectivity index is 1.82. The van der Waals surface area contributed by atoms with Crippen molar-refractivity contribution in [3.05, 3.63) is 60.7 Å². The fourth-order valence-corrected chi connectivity index (χ4v) is 9.40. The SMILES string of the molecule is [B-][P+](c1ccccc1)(c1ccccc1)[C@H]1C[C@H]2C[C@@H]([C@@H]1CO)C2(C)C. The Hall–Kier alpha value is -1.11. The van der Waals surface area contributed by atoms with Crippen LogP contribution in [0.2, 0.25) is 0 Å². The lowest BCUT2D eigenvalue weighted by molar-refractivity contribution is -0.113. The molecule has 2 aromatic carbocycles. The van der Waals surface area contributed by atoms with Gasteiger partial charge in [0, 0.05) is 28.8 Å². The van der Waals surface area contributed by atoms with E-state index in [4.69, 9.17) is 7.57 Å². The van der Waals surface area contributed by atoms with Gasteiger partial charge in [-0.15, -0.1) is 0 Å². The molecule has 129 valence electrons. The second-order valence-corrected chi connectivity index (χ2v) is 11.7. The van der Waals surface area contributed by atoms with Crippen molar-refractivity contribution in [2.45, 2.75) is 32.3 Å². The predicted molar refractivity (Wildman–Crippen MR) is 109 cm³/mol. The highest BCUT2D eigenvalue weighted by atomic mass is 31.2. The predicted octanol–water partition coefficient (Wildman–Crippen LogP) is 3.78. The summed E-state index contributed by atoms with van der Waals surface area (Å²) in [6.07, 6.45) is 2.40. The Bertz CT molecular complexity index is 691. The maximum Gasteiger partial charge on any atom is 0.0498 e. The summed E-state index contributed by atoms with van der Waals surface area (Å²) in [6.45, 7) is 5.02. The van der Waals surface area contributed by atoms with Crippen molar-refractivity contribution >= 4 is 25.3 Å². The average Bonchev–Trinajstić information content (AvgIpc) is 2.68. The third-order valence-corrected chi connectivity index (χ3v) is 11.1. The van der Waals surface area contributed by atoms with Crippen LogP contribution in [0.1, 0.15) is 26.7 Å². The number of hydrogen-bond donors (Lipinski definition) is 1. The quantitative estimate of drug-likeness (QED) is 0.658. The first-order chi connectivity index (χ1) is 12.0. The Morgan fingerprint density at radius 3 is 1.92 bits per heavy atom. The summed E-state index contributed by atoms with van der Waals surface area (Å²) in [6, 6.07) is 21.3. The zero-order valence-electron chi connectivity index (χ0n) is 15.2. The van der Waals surface area contributed by atoms with E-state index in [1.165, 1.54) is 17.0 Å². The van der Waals surface area contributed by atoms with Gasteiger partial charge < -0.3 is 5.11 Å². The third kappa shape index (κ3) is 2.53. The molecule has 3 heteroatoms. The maximum absolute atomic E-state index is 10.3. The summed E-state index contributed by atoms with van der Waals surface area (Å²) in [5, 5.41) is 12.8. The van der Waals surface area contributed by atoms with Crippen LogP contribution < -0.4 is 10.6 Å². The highest BCUT2D eigenvalue weighted by Crippen LogP contribution is 2.71. The van der Waals surface area contributed by atoms with E-state index in [9.17, 15) is 5.11 Å². The molecular formula is C22H27BOP. The normalized spacial score (nSPS) is 30.6. The Morgan fingerprint density at radius 1 is 0.960 bits per heavy atom. The highest BCUT2D eigenvalue weighted by molar-refractivity contribution is 8.09. The maximum atomic E-state index is 10.3. The van der Waals surface area contributed by atoms with E-state index in [0.717, 1.165) is 12.3 Å². The summed E-state index contributed by atoms with van der Waals surface area (Å²) in [5.74, 6) is 1.64. The lowest BCUT2D eigenvalue weighted by atomic mass is 9.45. The van der Waals surface area contributed by atoms with Crippen molar-refractivity contribution in [1.82, 2.24) is 0 Å². The molecule has 5 rings (SSSR count). The lowest BCUT2D eigenvalue weighted by Crippen LogP contribution is -2.60. The first kappa shape index (κ1) is 17.3. The lowest BCUT2D eigenvalue weighted by Gasteiger charge is -2.65. The van der Waals surface area contributed by atoms with Gasteiger partial charge in [0.25, 0.3) is 0 Å². The van der Waals surface area contributed by atoms with E-state index in [0.29, 0.717) is 22.9 Å². The number of aliphatic hydroxyl groups is 1. The zero-order chi connectivity index (χ0) is 17.7. The minimum absolute atomic E-state index is 0.254. The summed E-state index contributed by atoms with van der Waals surface area (Å²) >= 11 is 0. The van der Waals surface area contributed by atoms with Crippen molar-refractivity contribution in [3.63, 3.8) is 0 Å². The Labute approximate surface area is 153 Å². The second kappa shape index (κ2) is 6.25. The molecule has 2 aromatic rings. The van der Waals surface area contributed by atoms with E-state index in [-0.39, 0.29) is 6.61 Å². The molecule has 3 saturated carbocycles. The first-order valence-corrected chi connectivity index (χ1v) is 11.3. The fraction of sp³-hybridized carbons (Fsp3) is 0.455. The van der Waals surface area contributed by atoms with Gasteiger partial charge in [0.05, 0.1) is 0 Å². The summed E-state index contributed by atoms with van der Waals surface area (Å²) in [7, 11) is 5.31. The third-order valence-electron chi connectivity index (χ3n) is 7.18. The number of hydrogen-bond acceptors (Lipinski definition) is 1. The van der Waals surface area contributed by atoms with Crippen molar-refractivity contribution < 1.29 is 5.11 Å². The molecular weight excluding hydrogens is 322 g/mol. The number of benzene rings is 2. The van der Waals surface area contributed by atoms with Gasteiger partial charge in [-0.05, 0) is 54.4 Å². The van der Waals surface area contributed by atoms with E-state index in [1.54, 1.807) is 0 Å². The van der Waals surface area contributed by atoms with Crippen molar-refractivity contribution in [2.24, 2.45) is 23.2 Å². The molecule has 0 unspecified atom stereocenters. The van der Waals surface area contributed by atoms with Gasteiger partial charge >= 0.3 is 0 Å². The van der Waals surface area contributed by atoms with E-state index < -0.39 is 7.14 Å². The standard InChI is InChI=1S/C22H27BOP/c1-22(2)16-13-20(22)19(15-24)21(14-16)25(23,17-9-5-3-6-10-17)18-11-7-4-8-12-18/h3-12,16,19-21,24H,13-15H2,1-2H3/t16-,19+,20+,21+/m1/s1. The monoisotopic (exact) mass is 349 g/mol. The zero-order valence-corrected chi connectivity index (χ0v) is 16.1. The van der Waals surface area contributed by atoms with Gasteiger partial charge in [-0.3, -0.25) is 7.57 Å². The smallest absolute Gasteiger partial charge is 0.0498 e. The summed E-state index contributed by atoms with van der Waals surface area (Å²) < 4.78 is 0. The van der Waals surface area contributed by atoms with Gasteiger partial charge in [-0.2, -0.15) is 7.14 Å². The van der Waals surface area contributed by atoms with Gasteiger partial charge in [-0.1, -0.05) is 50.2 Å². The molecule has 2 bridgehead atoms. The molecule has 0 aliphatic heterocycles. The molecule has 3 fully saturated rings. The molecule has 0 saturated heterocycles. The van der Waals surface area contributed by atoms with Gasteiger partial charge in [-0.25, -0.2) is 0 Å². The molecule has 0 spiro atoms. The van der Waals surface area contributed by atoms with Crippen LogP contribution >= 0.6 is 7.14 Å². The molecule has 25 heavy (non-hydrogen) atoms. The largest absolute Gasteiger partial charge is 0.396 e. The molecule has 0 heterocycles. The minimum Gasteiger partial charge on any atom is -0.396 e. The van der Waals surface area contributed by atoms with E-state index in [1.807, 2.05) is 0 Å². The molecule has 1 nitrogen and oxygen atoms in total. The van der Waals surface area contributed by atoms with Crippen molar-refractivity contribution in [1.29, 1.82) is 0 Å². The topological polar surface area (TPSA) is 20.2 Å². The van der Waals surface area contributed by atoms with E-state index in [2.05, 4.69) is 74.5 Å². The summed E-state index contributed by atoms with van der Waals surface area (Å²) in [4.78, 5) is 0. The molecule has 1 N–H and O–H groups in total. The van der Waals surface area contributed by atoms with Crippen molar-refractivity contribution in [2.75, 3.05) is 6.61 Å². The minimum atomic E-state index is -2.05. The molecule has 0 aromatic heterocycles. The molecule has 0 amide bonds. The van der Waals surface area contributed by atoms with Gasteiger partial charge in [0.15, 0.2) is 0 Å². The van der Waals surface area contributed by atoms with Crippen LogP contribution in [0.15, 0.2) is 60.7 Å². The summed E-state index contributed by atoms with van der Waals surface area (Å²) in [5.41, 5.74) is 0.723. The van der Waals surface area contributed by atoms with Crippen LogP contribution in [0, 0.1) is 23.2 Å². The molecule has 3 aliphatic rings. The van der Waals surface area contributed by atoms with Gasteiger partial charge in [0.2, 0.25) is 0 Å². The average molecular weight is 349 g/mol. The Morgan fingerprint density at radius 2 is 1.48 bits per heavy atom. The number of fused-ring (bicyclic) bond motifs is 2. The van der Waals surface area contributed by atoms with Gasteiger partial charge in [0.1, 0.15) is 0 Å². The molecule has 3 aliphatic carbocycles. The highest BCUT2D eigenvalue weighted by Gasteiger charge is 2.60. The van der Waals surface area contributed by atoms with E-state index >= 15 is 0 Å². The first-order valence-electron chi connectivity index (χ1n) is 9.39. The number of aliphatic hydroxyl groups excluding tert-OH is 1. The van der Waals surface area contributed by atoms with Crippen LogP contribution in [-0.2, 0) is 0 Å². The molecule has 4 atom stereocenters. The second-order valence-electron chi connectivity index (χ2n) is 8.46. The van der Waals surface area contributed by atoms with Crippen LogP contribution in [0.25, 0.3) is 0 Å². The van der Waals surface area contributed by atoms with Crippen LogP contribution in [-0.4, -0.2) is 24.9 Å². The fourth-order valence-electron chi connectivity index (χ4n) is 5.52. The number of rotatable bonds is 4. The molecule has 3 radical (unpaired) electrons. The van der Waals surface area contributed by atoms with Crippen LogP contribution in [0.4, 0.5) is 0 Å². The van der Waals surface area contributed by atoms with Crippen LogP contribution in [0.3, 0.4) is 0 Å². The Kier molecular flexibility index (Phi) is 4.33. The van der Waals surface area contributed by atoms with Crippen molar-refractivity contribution in [3.8, 4) is 0 Å². The van der Waals surface area contributed by atoms with Crippen LogP contribution in [0.5, 0.6) is 0 Å².